The van der Waals surface area contributed by atoms with Gasteiger partial charge < -0.3 is 14.6 Å². The third-order valence-corrected chi connectivity index (χ3v) is 1.27. The van der Waals surface area contributed by atoms with E-state index in [1.165, 1.54) is 0 Å². The van der Waals surface area contributed by atoms with Crippen LogP contribution in [-0.4, -0.2) is 30.2 Å². The fourth-order valence-electron chi connectivity index (χ4n) is 0.853. The van der Waals surface area contributed by atoms with Gasteiger partial charge in [0.05, 0.1) is 13.2 Å². The molecule has 0 bridgehead atoms. The fourth-order valence-corrected chi connectivity index (χ4v) is 0.853. The molecule has 1 heterocycles. The van der Waals surface area contributed by atoms with Crippen LogP contribution in [0.25, 0.3) is 0 Å². The zero-order valence-corrected chi connectivity index (χ0v) is 5.76. The first kappa shape index (κ1) is 6.99. The Hall–Kier alpha value is -0.120. The monoisotopic (exact) mass is 134 g/mol. The fraction of sp³-hybridized carbons (Fsp3) is 1.00. The summed E-state index contributed by atoms with van der Waals surface area (Å²) in [5.41, 5.74) is 0. The Bertz CT molecular complexity index is 100. The van der Waals surface area contributed by atoms with E-state index in [9.17, 15) is 0 Å². The molecule has 1 aliphatic rings. The normalized spacial score (nSPS) is 33.0. The van der Waals surface area contributed by atoms with Gasteiger partial charge in [0, 0.05) is 0 Å². The first-order valence-corrected chi connectivity index (χ1v) is 3.07. The second kappa shape index (κ2) is 2.25. The summed E-state index contributed by atoms with van der Waals surface area (Å²) in [6, 6.07) is 0. The molecule has 1 fully saturated rings. The van der Waals surface area contributed by atoms with E-state index in [4.69, 9.17) is 14.6 Å². The SMILES string of the molecule is CC1(C)O[14CH2][C@@H](CO)O1. The molecule has 1 rings (SSSR count). The molecule has 0 aromatic heterocycles. The maximum Gasteiger partial charge on any atom is 0.163 e. The Kier molecular flexibility index (Phi) is 1.75. The van der Waals surface area contributed by atoms with E-state index in [0.717, 1.165) is 0 Å². The van der Waals surface area contributed by atoms with Crippen LogP contribution in [0.4, 0.5) is 0 Å². The second-order valence-electron chi connectivity index (χ2n) is 2.63. The standard InChI is InChI=1S/C6H12O3/c1-6(2)8-4-5(3-7)9-6/h5,7H,3-4H2,1-2H3/t5-/m1/s1/i4+2. The molecule has 1 atom stereocenters. The summed E-state index contributed by atoms with van der Waals surface area (Å²) >= 11 is 0. The average Bonchev–Trinajstić information content (AvgIpc) is 2.10. The van der Waals surface area contributed by atoms with Gasteiger partial charge in [0.2, 0.25) is 0 Å². The Morgan fingerprint density at radius 2 is 2.33 bits per heavy atom. The van der Waals surface area contributed by atoms with Crippen molar-refractivity contribution in [3.63, 3.8) is 0 Å². The summed E-state index contributed by atoms with van der Waals surface area (Å²) in [5, 5.41) is 8.59. The summed E-state index contributed by atoms with van der Waals surface area (Å²) in [5.74, 6) is -0.493. The molecule has 0 amide bonds. The van der Waals surface area contributed by atoms with E-state index in [1.54, 1.807) is 0 Å². The van der Waals surface area contributed by atoms with Gasteiger partial charge in [-0.05, 0) is 13.8 Å². The van der Waals surface area contributed by atoms with Crippen LogP contribution >= 0.6 is 0 Å². The van der Waals surface area contributed by atoms with Gasteiger partial charge in [0.1, 0.15) is 6.10 Å². The number of aliphatic hydroxyl groups excluding tert-OH is 1. The summed E-state index contributed by atoms with van der Waals surface area (Å²) < 4.78 is 10.4. The Balaban J connectivity index is 2.38. The molecule has 0 saturated carbocycles. The largest absolute Gasteiger partial charge is 0.394 e. The maximum absolute atomic E-state index is 8.59. The van der Waals surface area contributed by atoms with Gasteiger partial charge in [-0.15, -0.1) is 0 Å². The molecule has 0 aromatic rings. The molecular weight excluding hydrogens is 122 g/mol. The van der Waals surface area contributed by atoms with Gasteiger partial charge in [0.25, 0.3) is 0 Å². The minimum Gasteiger partial charge on any atom is -0.394 e. The zero-order valence-electron chi connectivity index (χ0n) is 5.76. The Morgan fingerprint density at radius 3 is 2.56 bits per heavy atom. The van der Waals surface area contributed by atoms with E-state index in [1.807, 2.05) is 13.8 Å². The van der Waals surface area contributed by atoms with Crippen LogP contribution in [0.5, 0.6) is 0 Å². The van der Waals surface area contributed by atoms with Crippen LogP contribution in [0.3, 0.4) is 0 Å². The number of hydrogen-bond donors (Lipinski definition) is 1. The highest BCUT2D eigenvalue weighted by Crippen LogP contribution is 2.21. The van der Waals surface area contributed by atoms with Gasteiger partial charge in [-0.25, -0.2) is 0 Å². The van der Waals surface area contributed by atoms with Crippen molar-refractivity contribution in [2.24, 2.45) is 0 Å². The first-order valence-electron chi connectivity index (χ1n) is 3.07. The van der Waals surface area contributed by atoms with Crippen molar-refractivity contribution in [3.8, 4) is 0 Å². The van der Waals surface area contributed by atoms with Crippen molar-refractivity contribution in [3.05, 3.63) is 0 Å². The summed E-state index contributed by atoms with van der Waals surface area (Å²) in [7, 11) is 0. The van der Waals surface area contributed by atoms with Crippen molar-refractivity contribution >= 4 is 0 Å². The van der Waals surface area contributed by atoms with Crippen LogP contribution < -0.4 is 0 Å². The quantitative estimate of drug-likeness (QED) is 0.554. The lowest BCUT2D eigenvalue weighted by Gasteiger charge is -2.15. The summed E-state index contributed by atoms with van der Waals surface area (Å²) in [6.07, 6.45) is -0.125. The van der Waals surface area contributed by atoms with Gasteiger partial charge in [0.15, 0.2) is 5.79 Å². The molecule has 1 saturated heterocycles. The molecule has 0 aliphatic carbocycles. The van der Waals surface area contributed by atoms with Crippen molar-refractivity contribution in [2.45, 2.75) is 25.7 Å². The predicted octanol–water partition coefficient (Wildman–Crippen LogP) is 0.130. The molecule has 0 radical (unpaired) electrons. The lowest BCUT2D eigenvalue weighted by atomic mass is 10.4. The molecular formula is C6H12O3. The van der Waals surface area contributed by atoms with Crippen LogP contribution in [0, 0.1) is 0 Å². The predicted molar refractivity (Wildman–Crippen MR) is 32.0 cm³/mol. The number of ether oxygens (including phenoxy) is 2. The van der Waals surface area contributed by atoms with Gasteiger partial charge in [-0.3, -0.25) is 0 Å². The van der Waals surface area contributed by atoms with E-state index in [-0.39, 0.29) is 12.7 Å². The number of rotatable bonds is 1. The highest BCUT2D eigenvalue weighted by Gasteiger charge is 2.31. The average molecular weight is 134 g/mol. The molecule has 0 spiro atoms. The lowest BCUT2D eigenvalue weighted by molar-refractivity contribution is -0.142. The minimum absolute atomic E-state index is 0.0451. The number of hydrogen-bond acceptors (Lipinski definition) is 3. The first-order chi connectivity index (χ1) is 4.14. The number of aliphatic hydroxyl groups is 1. The molecule has 1 aliphatic heterocycles. The Morgan fingerprint density at radius 1 is 1.67 bits per heavy atom. The smallest absolute Gasteiger partial charge is 0.163 e. The molecule has 3 nitrogen and oxygen atoms in total. The van der Waals surface area contributed by atoms with Gasteiger partial charge in [-0.1, -0.05) is 0 Å². The highest BCUT2D eigenvalue weighted by molar-refractivity contribution is 4.69. The van der Waals surface area contributed by atoms with E-state index >= 15 is 0 Å². The maximum atomic E-state index is 8.59. The minimum atomic E-state index is -0.493. The Labute approximate surface area is 54.6 Å². The van der Waals surface area contributed by atoms with Crippen LogP contribution in [-0.2, 0) is 9.47 Å². The van der Waals surface area contributed by atoms with Gasteiger partial charge >= 0.3 is 0 Å². The summed E-state index contributed by atoms with van der Waals surface area (Å²) in [4.78, 5) is 0. The van der Waals surface area contributed by atoms with Crippen molar-refractivity contribution in [1.29, 1.82) is 0 Å². The van der Waals surface area contributed by atoms with E-state index in [0.29, 0.717) is 6.61 Å². The van der Waals surface area contributed by atoms with Crippen LogP contribution in [0.15, 0.2) is 0 Å². The van der Waals surface area contributed by atoms with Crippen molar-refractivity contribution in [1.82, 2.24) is 0 Å². The molecule has 54 valence electrons. The zero-order chi connectivity index (χ0) is 6.91. The molecule has 9 heavy (non-hydrogen) atoms. The van der Waals surface area contributed by atoms with E-state index < -0.39 is 5.79 Å². The van der Waals surface area contributed by atoms with Crippen molar-refractivity contribution in [2.75, 3.05) is 13.2 Å². The highest BCUT2D eigenvalue weighted by atomic mass is 16.9. The second-order valence-corrected chi connectivity index (χ2v) is 2.63. The molecule has 0 unspecified atom stereocenters. The topological polar surface area (TPSA) is 38.7 Å². The van der Waals surface area contributed by atoms with E-state index in [2.05, 4.69) is 0 Å². The van der Waals surface area contributed by atoms with Crippen molar-refractivity contribution < 1.29 is 14.6 Å². The molecule has 3 heteroatoms. The lowest BCUT2D eigenvalue weighted by Crippen LogP contribution is -2.22. The van der Waals surface area contributed by atoms with Crippen LogP contribution in [0.2, 0.25) is 0 Å². The molecule has 0 aromatic carbocycles. The van der Waals surface area contributed by atoms with Crippen LogP contribution in [0.1, 0.15) is 13.8 Å². The molecule has 1 N–H and O–H groups in total. The third kappa shape index (κ3) is 1.64. The van der Waals surface area contributed by atoms with Gasteiger partial charge in [-0.2, -0.15) is 0 Å². The summed E-state index contributed by atoms with van der Waals surface area (Å²) in [6.45, 7) is 4.22. The third-order valence-electron chi connectivity index (χ3n) is 1.27.